The molecule has 6 atom stereocenters. The second-order valence-corrected chi connectivity index (χ2v) is 8.74. The third-order valence-electron chi connectivity index (χ3n) is 7.86. The van der Waals surface area contributed by atoms with Crippen molar-refractivity contribution < 1.29 is 10.6 Å². The van der Waals surface area contributed by atoms with Gasteiger partial charge in [-0.2, -0.15) is 0 Å². The van der Waals surface area contributed by atoms with Gasteiger partial charge in [0.15, 0.2) is 0 Å². The Morgan fingerprint density at radius 2 is 1.86 bits per heavy atom. The first-order valence-corrected chi connectivity index (χ1v) is 8.90. The predicted octanol–water partition coefficient (Wildman–Crippen LogP) is 3.88. The lowest BCUT2D eigenvalue weighted by Crippen LogP contribution is -2.49. The van der Waals surface area contributed by atoms with E-state index in [-0.39, 0.29) is 11.6 Å². The van der Waals surface area contributed by atoms with Gasteiger partial charge in [-0.25, -0.2) is 0 Å². The van der Waals surface area contributed by atoms with E-state index in [1.807, 2.05) is 0 Å². The topological polar surface area (TPSA) is 51.7 Å². The fraction of sp³-hybridized carbons (Fsp3) is 0.895. The van der Waals surface area contributed by atoms with E-state index in [1.165, 1.54) is 44.9 Å². The molecule has 0 aromatic carbocycles. The van der Waals surface area contributed by atoms with Crippen molar-refractivity contribution in [2.45, 2.75) is 77.7 Å². The van der Waals surface area contributed by atoms with Crippen LogP contribution in [0.5, 0.6) is 0 Å². The molecule has 21 heavy (non-hydrogen) atoms. The second-order valence-electron chi connectivity index (χ2n) is 8.74. The lowest BCUT2D eigenvalue weighted by atomic mass is 9.48. The Morgan fingerprint density at radius 3 is 2.67 bits per heavy atom. The Morgan fingerprint density at radius 1 is 1.05 bits per heavy atom. The van der Waals surface area contributed by atoms with Crippen LogP contribution in [0, 0.1) is 28.6 Å². The van der Waals surface area contributed by atoms with E-state index in [1.54, 1.807) is 5.57 Å². The SMILES string of the molecule is CC12CCCC1C1CC=C3CC(O)CCC3(C)C1CC2.O. The molecule has 0 aromatic heterocycles. The number of hydrogen-bond acceptors (Lipinski definition) is 1. The first-order valence-electron chi connectivity index (χ1n) is 8.90. The average Bonchev–Trinajstić information content (AvgIpc) is 2.81. The van der Waals surface area contributed by atoms with E-state index in [9.17, 15) is 5.11 Å². The zero-order chi connectivity index (χ0) is 14.0. The van der Waals surface area contributed by atoms with Crippen LogP contribution in [-0.4, -0.2) is 16.7 Å². The summed E-state index contributed by atoms with van der Waals surface area (Å²) in [5.74, 6) is 2.84. The maximum Gasteiger partial charge on any atom is 0.0577 e. The number of allylic oxidation sites excluding steroid dienone is 1. The quantitative estimate of drug-likeness (QED) is 0.677. The maximum absolute atomic E-state index is 10.0. The molecule has 120 valence electrons. The number of aliphatic hydroxyl groups is 1. The first kappa shape index (κ1) is 15.6. The highest BCUT2D eigenvalue weighted by Gasteiger charge is 2.55. The van der Waals surface area contributed by atoms with Crippen molar-refractivity contribution in [2.24, 2.45) is 28.6 Å². The van der Waals surface area contributed by atoms with Crippen LogP contribution in [0.1, 0.15) is 71.6 Å². The smallest absolute Gasteiger partial charge is 0.0577 e. The molecule has 0 heterocycles. The van der Waals surface area contributed by atoms with Crippen LogP contribution in [0.15, 0.2) is 11.6 Å². The summed E-state index contributed by atoms with van der Waals surface area (Å²) < 4.78 is 0. The Balaban J connectivity index is 0.00000132. The van der Waals surface area contributed by atoms with Gasteiger partial charge in [0, 0.05) is 0 Å². The lowest BCUT2D eigenvalue weighted by Gasteiger charge is -2.57. The summed E-state index contributed by atoms with van der Waals surface area (Å²) in [7, 11) is 0. The van der Waals surface area contributed by atoms with E-state index in [0.29, 0.717) is 10.8 Å². The summed E-state index contributed by atoms with van der Waals surface area (Å²) in [6.45, 7) is 5.10. The lowest BCUT2D eigenvalue weighted by molar-refractivity contribution is -0.0360. The first-order chi connectivity index (χ1) is 9.53. The Kier molecular flexibility index (Phi) is 3.77. The van der Waals surface area contributed by atoms with Crippen molar-refractivity contribution in [2.75, 3.05) is 0 Å². The van der Waals surface area contributed by atoms with Crippen LogP contribution in [0.25, 0.3) is 0 Å². The molecule has 0 amide bonds. The molecule has 6 unspecified atom stereocenters. The molecule has 2 nitrogen and oxygen atoms in total. The number of hydrogen-bond donors (Lipinski definition) is 1. The van der Waals surface area contributed by atoms with Crippen LogP contribution >= 0.6 is 0 Å². The summed E-state index contributed by atoms with van der Waals surface area (Å²) in [4.78, 5) is 0. The molecule has 0 aromatic rings. The van der Waals surface area contributed by atoms with Gasteiger partial charge in [-0.1, -0.05) is 31.9 Å². The minimum Gasteiger partial charge on any atom is -0.412 e. The second kappa shape index (κ2) is 5.09. The van der Waals surface area contributed by atoms with Crippen molar-refractivity contribution in [3.05, 3.63) is 11.6 Å². The predicted molar refractivity (Wildman–Crippen MR) is 85.9 cm³/mol. The monoisotopic (exact) mass is 292 g/mol. The molecule has 4 aliphatic carbocycles. The molecule has 0 radical (unpaired) electrons. The Bertz CT molecular complexity index is 443. The standard InChI is InChI=1S/C19H30O.H2O/c1-18-9-3-4-16(18)15-6-5-13-12-14(20)7-11-19(13,2)17(15)8-10-18;/h5,14-17,20H,3-4,6-12H2,1-2H3;1H2. The van der Waals surface area contributed by atoms with Crippen LogP contribution in [0.3, 0.4) is 0 Å². The molecule has 3 N–H and O–H groups in total. The molecular formula is C19H32O2. The van der Waals surface area contributed by atoms with E-state index in [0.717, 1.165) is 30.6 Å². The van der Waals surface area contributed by atoms with Crippen LogP contribution in [0.2, 0.25) is 0 Å². The zero-order valence-electron chi connectivity index (χ0n) is 13.7. The maximum atomic E-state index is 10.0. The summed E-state index contributed by atoms with van der Waals surface area (Å²) in [5.41, 5.74) is 2.70. The molecule has 0 aliphatic heterocycles. The Hall–Kier alpha value is -0.340. The van der Waals surface area contributed by atoms with E-state index >= 15 is 0 Å². The molecule has 4 rings (SSSR count). The van der Waals surface area contributed by atoms with Gasteiger partial charge in [-0.05, 0) is 80.0 Å². The molecular weight excluding hydrogens is 260 g/mol. The molecule has 3 saturated carbocycles. The molecule has 0 saturated heterocycles. The van der Waals surface area contributed by atoms with Gasteiger partial charge in [-0.15, -0.1) is 0 Å². The third kappa shape index (κ3) is 2.13. The molecule has 0 spiro atoms. The third-order valence-corrected chi connectivity index (χ3v) is 7.86. The van der Waals surface area contributed by atoms with Gasteiger partial charge in [-0.3, -0.25) is 0 Å². The zero-order valence-corrected chi connectivity index (χ0v) is 13.7. The van der Waals surface area contributed by atoms with Gasteiger partial charge in [0.25, 0.3) is 0 Å². The van der Waals surface area contributed by atoms with Crippen molar-refractivity contribution in [1.82, 2.24) is 0 Å². The minimum absolute atomic E-state index is 0. The van der Waals surface area contributed by atoms with Crippen LogP contribution < -0.4 is 0 Å². The summed E-state index contributed by atoms with van der Waals surface area (Å²) in [5, 5.41) is 10.0. The van der Waals surface area contributed by atoms with E-state index < -0.39 is 0 Å². The highest BCUT2D eigenvalue weighted by atomic mass is 16.3. The molecule has 2 heteroatoms. The molecule has 0 bridgehead atoms. The van der Waals surface area contributed by atoms with Gasteiger partial charge in [0.1, 0.15) is 0 Å². The van der Waals surface area contributed by atoms with Crippen molar-refractivity contribution in [1.29, 1.82) is 0 Å². The van der Waals surface area contributed by atoms with E-state index in [4.69, 9.17) is 0 Å². The fourth-order valence-electron chi connectivity index (χ4n) is 6.63. The summed E-state index contributed by atoms with van der Waals surface area (Å²) in [6.07, 6.45) is 14.3. The number of fused-ring (bicyclic) bond motifs is 5. The van der Waals surface area contributed by atoms with Crippen LogP contribution in [0.4, 0.5) is 0 Å². The summed E-state index contributed by atoms with van der Waals surface area (Å²) >= 11 is 0. The van der Waals surface area contributed by atoms with Gasteiger partial charge < -0.3 is 10.6 Å². The Labute approximate surface area is 129 Å². The van der Waals surface area contributed by atoms with Crippen molar-refractivity contribution in [3.8, 4) is 0 Å². The largest absolute Gasteiger partial charge is 0.412 e. The summed E-state index contributed by atoms with van der Waals surface area (Å²) in [6, 6.07) is 0. The normalized spacial score (nSPS) is 52.0. The highest BCUT2D eigenvalue weighted by Crippen LogP contribution is 2.64. The minimum atomic E-state index is -0.0637. The average molecular weight is 292 g/mol. The molecule has 4 aliphatic rings. The highest BCUT2D eigenvalue weighted by molar-refractivity contribution is 5.25. The van der Waals surface area contributed by atoms with Crippen LogP contribution in [-0.2, 0) is 0 Å². The van der Waals surface area contributed by atoms with Gasteiger partial charge in [0.05, 0.1) is 6.10 Å². The van der Waals surface area contributed by atoms with Gasteiger partial charge in [0.2, 0.25) is 0 Å². The fourth-order valence-corrected chi connectivity index (χ4v) is 6.63. The van der Waals surface area contributed by atoms with Gasteiger partial charge >= 0.3 is 0 Å². The number of rotatable bonds is 0. The van der Waals surface area contributed by atoms with E-state index in [2.05, 4.69) is 19.9 Å². The van der Waals surface area contributed by atoms with Crippen molar-refractivity contribution in [3.63, 3.8) is 0 Å². The molecule has 3 fully saturated rings. The number of aliphatic hydroxyl groups excluding tert-OH is 1. The van der Waals surface area contributed by atoms with Crippen molar-refractivity contribution >= 4 is 0 Å².